The van der Waals surface area contributed by atoms with Crippen LogP contribution in [-0.4, -0.2) is 42.5 Å². The molecule has 1 aliphatic heterocycles. The van der Waals surface area contributed by atoms with Crippen molar-refractivity contribution in [3.05, 3.63) is 23.3 Å². The summed E-state index contributed by atoms with van der Waals surface area (Å²) in [5.74, 6) is 0.250. The smallest absolute Gasteiger partial charge is 0.308 e. The Bertz CT molecular complexity index is 605. The summed E-state index contributed by atoms with van der Waals surface area (Å²) in [7, 11) is 0. The molecule has 1 N–H and O–H groups in total. The molecule has 0 saturated carbocycles. The van der Waals surface area contributed by atoms with Crippen LogP contribution in [0.25, 0.3) is 0 Å². The molecule has 0 radical (unpaired) electrons. The number of quaternary nitrogens is 1. The van der Waals surface area contributed by atoms with Gasteiger partial charge in [-0.05, 0) is 62.8 Å². The molecule has 5 nitrogen and oxygen atoms in total. The van der Waals surface area contributed by atoms with Crippen LogP contribution < -0.4 is 10.1 Å². The van der Waals surface area contributed by atoms with Gasteiger partial charge in [0.2, 0.25) is 0 Å². The molecule has 1 aromatic rings. The average molecular weight is 347 g/mol. The number of hydrogen-bond donors (Lipinski definition) is 1. The number of carbonyl (C=O) groups excluding carboxylic acids is 2. The molecule has 0 unspecified atom stereocenters. The summed E-state index contributed by atoms with van der Waals surface area (Å²) in [6, 6.07) is 3.59. The molecule has 25 heavy (non-hydrogen) atoms. The average Bonchev–Trinajstić information content (AvgIpc) is 2.51. The third-order valence-electron chi connectivity index (χ3n) is 4.97. The van der Waals surface area contributed by atoms with E-state index in [2.05, 4.69) is 12.2 Å². The monoisotopic (exact) mass is 347 g/mol. The second-order valence-corrected chi connectivity index (χ2v) is 7.31. The number of nitrogens with one attached hydrogen (secondary N) is 1. The summed E-state index contributed by atoms with van der Waals surface area (Å²) >= 11 is 0. The van der Waals surface area contributed by atoms with Gasteiger partial charge in [0.25, 0.3) is 5.91 Å². The summed E-state index contributed by atoms with van der Waals surface area (Å²) in [6.07, 6.45) is 4.80. The molecule has 1 saturated heterocycles. The summed E-state index contributed by atoms with van der Waals surface area (Å²) in [5.41, 5.74) is 2.64. The number of anilines is 1. The van der Waals surface area contributed by atoms with Crippen molar-refractivity contribution in [2.24, 2.45) is 0 Å². The van der Waals surface area contributed by atoms with Gasteiger partial charge in [-0.15, -0.1) is 0 Å². The number of rotatable bonds is 6. The predicted molar refractivity (Wildman–Crippen MR) is 99.7 cm³/mol. The first kappa shape index (κ1) is 19.4. The summed E-state index contributed by atoms with van der Waals surface area (Å²) in [5, 5.41) is 3.09. The van der Waals surface area contributed by atoms with Crippen molar-refractivity contribution in [3.63, 3.8) is 0 Å². The Morgan fingerprint density at radius 3 is 2.24 bits per heavy atom. The zero-order chi connectivity index (χ0) is 18.4. The highest BCUT2D eigenvalue weighted by Gasteiger charge is 2.31. The van der Waals surface area contributed by atoms with Crippen LogP contribution in [0.1, 0.15) is 50.7 Å². The van der Waals surface area contributed by atoms with E-state index in [0.29, 0.717) is 12.3 Å². The number of likely N-dealkylation sites (tertiary alicyclic amines) is 1. The summed E-state index contributed by atoms with van der Waals surface area (Å²) < 4.78 is 6.06. The number of nitrogens with zero attached hydrogens (tertiary/aromatic N) is 1. The fourth-order valence-corrected chi connectivity index (χ4v) is 3.95. The van der Waals surface area contributed by atoms with Gasteiger partial charge in [-0.3, -0.25) is 9.59 Å². The molecule has 0 aliphatic carbocycles. The maximum atomic E-state index is 12.7. The van der Waals surface area contributed by atoms with E-state index in [4.69, 9.17) is 4.74 Å². The molecule has 1 aromatic carbocycles. The fourth-order valence-electron chi connectivity index (χ4n) is 3.95. The minimum absolute atomic E-state index is 0.0711. The predicted octanol–water partition coefficient (Wildman–Crippen LogP) is 3.58. The Kier molecular flexibility index (Phi) is 6.59. The lowest BCUT2D eigenvalue weighted by molar-refractivity contribution is -0.925. The van der Waals surface area contributed by atoms with Crippen LogP contribution in [-0.2, 0) is 9.59 Å². The van der Waals surface area contributed by atoms with Crippen molar-refractivity contribution >= 4 is 17.6 Å². The van der Waals surface area contributed by atoms with Crippen molar-refractivity contribution in [2.75, 3.05) is 31.5 Å². The second-order valence-electron chi connectivity index (χ2n) is 7.31. The molecule has 0 bridgehead atoms. The van der Waals surface area contributed by atoms with E-state index in [1.54, 1.807) is 12.1 Å². The number of amides is 1. The number of carbonyl (C=O) groups is 2. The van der Waals surface area contributed by atoms with E-state index in [9.17, 15) is 9.59 Å². The van der Waals surface area contributed by atoms with Crippen LogP contribution >= 0.6 is 0 Å². The van der Waals surface area contributed by atoms with Crippen LogP contribution in [0, 0.1) is 13.8 Å². The Hall–Kier alpha value is -1.88. The van der Waals surface area contributed by atoms with Crippen molar-refractivity contribution in [1.82, 2.24) is 0 Å². The molecule has 1 heterocycles. The van der Waals surface area contributed by atoms with Crippen molar-refractivity contribution in [3.8, 4) is 5.75 Å². The van der Waals surface area contributed by atoms with E-state index >= 15 is 0 Å². The van der Waals surface area contributed by atoms with Crippen molar-refractivity contribution < 1.29 is 18.8 Å². The third-order valence-corrected chi connectivity index (χ3v) is 4.97. The quantitative estimate of drug-likeness (QED) is 0.486. The summed E-state index contributed by atoms with van der Waals surface area (Å²) in [4.78, 5) is 23.8. The van der Waals surface area contributed by atoms with Gasteiger partial charge in [-0.25, -0.2) is 0 Å². The molecule has 138 valence electrons. The van der Waals surface area contributed by atoms with Gasteiger partial charge in [0, 0.05) is 12.6 Å². The van der Waals surface area contributed by atoms with E-state index in [1.807, 2.05) is 13.8 Å². The molecule has 1 fully saturated rings. The molecule has 0 aromatic heterocycles. The fraction of sp³-hybridized carbons (Fsp3) is 0.600. The standard InChI is InChI=1S/C20H30N2O3/c1-5-9-22(10-7-6-8-11-22)14-19(24)21-20-15(2)12-18(13-16(20)3)25-17(4)23/h12-13H,5-11,14H2,1-4H3/p+1. The van der Waals surface area contributed by atoms with Crippen LogP contribution in [0.4, 0.5) is 5.69 Å². The third kappa shape index (κ3) is 5.30. The molecule has 5 heteroatoms. The van der Waals surface area contributed by atoms with Crippen LogP contribution in [0.5, 0.6) is 5.75 Å². The molecular weight excluding hydrogens is 316 g/mol. The highest BCUT2D eigenvalue weighted by molar-refractivity contribution is 5.93. The summed E-state index contributed by atoms with van der Waals surface area (Å²) in [6.45, 7) is 11.2. The zero-order valence-electron chi connectivity index (χ0n) is 16.0. The number of aryl methyl sites for hydroxylation is 2. The Balaban J connectivity index is 2.10. The SMILES string of the molecule is CCC[N+]1(CC(=O)Nc2c(C)cc(OC(C)=O)cc2C)CCCCC1. The van der Waals surface area contributed by atoms with Gasteiger partial charge in [0.1, 0.15) is 5.75 Å². The van der Waals surface area contributed by atoms with E-state index in [0.717, 1.165) is 47.4 Å². The minimum atomic E-state index is -0.341. The molecule has 0 spiro atoms. The molecular formula is C20H31N2O3+. The topological polar surface area (TPSA) is 55.4 Å². The first-order valence-corrected chi connectivity index (χ1v) is 9.30. The van der Waals surface area contributed by atoms with Crippen molar-refractivity contribution in [2.45, 2.75) is 53.4 Å². The van der Waals surface area contributed by atoms with Gasteiger partial charge in [0.05, 0.1) is 19.6 Å². The number of benzene rings is 1. The maximum Gasteiger partial charge on any atom is 0.308 e. The Morgan fingerprint density at radius 2 is 1.72 bits per heavy atom. The van der Waals surface area contributed by atoms with E-state index in [-0.39, 0.29) is 11.9 Å². The van der Waals surface area contributed by atoms with E-state index in [1.165, 1.54) is 26.2 Å². The van der Waals surface area contributed by atoms with Crippen LogP contribution in [0.15, 0.2) is 12.1 Å². The lowest BCUT2D eigenvalue weighted by atomic mass is 10.1. The maximum absolute atomic E-state index is 12.7. The number of esters is 1. The van der Waals surface area contributed by atoms with Gasteiger partial charge < -0.3 is 14.5 Å². The minimum Gasteiger partial charge on any atom is -0.427 e. The Labute approximate surface area is 150 Å². The Morgan fingerprint density at radius 1 is 1.12 bits per heavy atom. The molecule has 2 rings (SSSR count). The number of piperidine rings is 1. The highest BCUT2D eigenvalue weighted by atomic mass is 16.5. The number of ether oxygens (including phenoxy) is 1. The molecule has 1 amide bonds. The van der Waals surface area contributed by atoms with Gasteiger partial charge in [-0.2, -0.15) is 0 Å². The van der Waals surface area contributed by atoms with Gasteiger partial charge in [-0.1, -0.05) is 6.92 Å². The zero-order valence-corrected chi connectivity index (χ0v) is 16.0. The first-order valence-electron chi connectivity index (χ1n) is 9.30. The number of hydrogen-bond acceptors (Lipinski definition) is 3. The van der Waals surface area contributed by atoms with Crippen molar-refractivity contribution in [1.29, 1.82) is 0 Å². The van der Waals surface area contributed by atoms with Crippen LogP contribution in [0.3, 0.4) is 0 Å². The van der Waals surface area contributed by atoms with Gasteiger partial charge >= 0.3 is 5.97 Å². The lowest BCUT2D eigenvalue weighted by Crippen LogP contribution is -2.55. The molecule has 1 aliphatic rings. The lowest BCUT2D eigenvalue weighted by Gasteiger charge is -2.41. The van der Waals surface area contributed by atoms with E-state index < -0.39 is 0 Å². The van der Waals surface area contributed by atoms with Gasteiger partial charge in [0.15, 0.2) is 6.54 Å². The molecule has 0 atom stereocenters. The van der Waals surface area contributed by atoms with Crippen LogP contribution in [0.2, 0.25) is 0 Å². The second kappa shape index (κ2) is 8.48. The normalized spacial score (nSPS) is 16.3. The highest BCUT2D eigenvalue weighted by Crippen LogP contribution is 2.27. The largest absolute Gasteiger partial charge is 0.427 e. The first-order chi connectivity index (χ1) is 11.8.